The Bertz CT molecular complexity index is 1020. The number of halogens is 6. The molecular weight excluding hydrogens is 436 g/mol. The van der Waals surface area contributed by atoms with E-state index in [4.69, 9.17) is 4.52 Å². The zero-order valence-corrected chi connectivity index (χ0v) is 16.0. The third kappa shape index (κ3) is 5.59. The Balaban J connectivity index is 1.74. The molecule has 3 aromatic rings. The normalized spacial score (nSPS) is 12.2. The van der Waals surface area contributed by atoms with Crippen molar-refractivity contribution in [3.8, 4) is 0 Å². The molecule has 2 aromatic heterocycles. The van der Waals surface area contributed by atoms with E-state index >= 15 is 0 Å². The minimum absolute atomic E-state index is 0.0746. The minimum Gasteiger partial charge on any atom is -0.361 e. The zero-order valence-electron chi connectivity index (χ0n) is 15.2. The first-order valence-corrected chi connectivity index (χ1v) is 9.17. The number of anilines is 1. The second-order valence-corrected chi connectivity index (χ2v) is 7.49. The van der Waals surface area contributed by atoms with E-state index in [9.17, 15) is 31.1 Å². The topological polar surface area (TPSA) is 68.0 Å². The molecule has 160 valence electrons. The van der Waals surface area contributed by atoms with E-state index in [1.54, 1.807) is 13.0 Å². The van der Waals surface area contributed by atoms with Gasteiger partial charge in [0.2, 0.25) is 5.91 Å². The molecule has 0 bridgehead atoms. The van der Waals surface area contributed by atoms with E-state index in [2.05, 4.69) is 15.5 Å². The lowest BCUT2D eigenvalue weighted by Gasteiger charge is -2.13. The van der Waals surface area contributed by atoms with Crippen molar-refractivity contribution in [2.75, 3.05) is 5.32 Å². The van der Waals surface area contributed by atoms with Gasteiger partial charge in [-0.25, -0.2) is 4.98 Å². The van der Waals surface area contributed by atoms with Crippen LogP contribution in [0.2, 0.25) is 0 Å². The smallest absolute Gasteiger partial charge is 0.361 e. The minimum atomic E-state index is -4.91. The van der Waals surface area contributed by atoms with Gasteiger partial charge in [-0.1, -0.05) is 5.16 Å². The van der Waals surface area contributed by atoms with Crippen LogP contribution in [0.1, 0.15) is 33.0 Å². The zero-order chi connectivity index (χ0) is 22.1. The van der Waals surface area contributed by atoms with Gasteiger partial charge in [0.05, 0.1) is 23.2 Å². The molecule has 12 heteroatoms. The monoisotopic (exact) mass is 449 g/mol. The first-order valence-electron chi connectivity index (χ1n) is 8.35. The van der Waals surface area contributed by atoms with E-state index in [1.807, 2.05) is 0 Å². The maximum Gasteiger partial charge on any atom is 0.416 e. The highest BCUT2D eigenvalue weighted by atomic mass is 32.1. The summed E-state index contributed by atoms with van der Waals surface area (Å²) in [6.45, 7) is 1.67. The molecule has 0 saturated carbocycles. The molecule has 5 nitrogen and oxygen atoms in total. The molecule has 0 atom stereocenters. The maximum absolute atomic E-state index is 13.0. The van der Waals surface area contributed by atoms with Gasteiger partial charge in [0.15, 0.2) is 5.13 Å². The summed E-state index contributed by atoms with van der Waals surface area (Å²) in [7, 11) is 0. The van der Waals surface area contributed by atoms with Crippen molar-refractivity contribution >= 4 is 22.4 Å². The van der Waals surface area contributed by atoms with Crippen LogP contribution >= 0.6 is 11.3 Å². The quantitative estimate of drug-likeness (QED) is 0.541. The van der Waals surface area contributed by atoms with Gasteiger partial charge in [-0.15, -0.1) is 11.3 Å². The average Bonchev–Trinajstić information content (AvgIpc) is 3.21. The number of hydrogen-bond donors (Lipinski definition) is 1. The van der Waals surface area contributed by atoms with Crippen molar-refractivity contribution in [1.29, 1.82) is 0 Å². The lowest BCUT2D eigenvalue weighted by Crippen LogP contribution is -2.14. The molecule has 0 spiro atoms. The molecule has 0 aliphatic heterocycles. The van der Waals surface area contributed by atoms with Crippen LogP contribution in [0.3, 0.4) is 0 Å². The van der Waals surface area contributed by atoms with Crippen LogP contribution < -0.4 is 5.32 Å². The van der Waals surface area contributed by atoms with Gasteiger partial charge in [0.1, 0.15) is 5.76 Å². The molecule has 0 aliphatic rings. The lowest BCUT2D eigenvalue weighted by atomic mass is 10.0. The number of nitrogens with zero attached hydrogens (tertiary/aromatic N) is 2. The third-order valence-corrected chi connectivity index (χ3v) is 4.76. The highest BCUT2D eigenvalue weighted by Gasteiger charge is 2.36. The summed E-state index contributed by atoms with van der Waals surface area (Å²) in [6, 6.07) is 2.99. The maximum atomic E-state index is 13.0. The number of carbonyl (C=O) groups excluding carboxylic acids is 1. The lowest BCUT2D eigenvalue weighted by molar-refractivity contribution is -0.143. The van der Waals surface area contributed by atoms with E-state index in [1.165, 1.54) is 6.20 Å². The van der Waals surface area contributed by atoms with Crippen LogP contribution in [0.15, 0.2) is 35.0 Å². The fourth-order valence-electron chi connectivity index (χ4n) is 2.60. The predicted molar refractivity (Wildman–Crippen MR) is 94.9 cm³/mol. The Kier molecular flexibility index (Phi) is 5.88. The Labute approximate surface area is 169 Å². The van der Waals surface area contributed by atoms with E-state index in [0.717, 1.165) is 11.3 Å². The van der Waals surface area contributed by atoms with Gasteiger partial charge in [-0.2, -0.15) is 26.3 Å². The summed E-state index contributed by atoms with van der Waals surface area (Å²) in [5, 5.41) is 6.35. The Morgan fingerprint density at radius 1 is 1.07 bits per heavy atom. The molecule has 1 N–H and O–H groups in total. The highest BCUT2D eigenvalue weighted by molar-refractivity contribution is 7.15. The number of hydrogen-bond acceptors (Lipinski definition) is 5. The van der Waals surface area contributed by atoms with E-state index < -0.39 is 29.4 Å². The molecule has 0 radical (unpaired) electrons. The van der Waals surface area contributed by atoms with Crippen LogP contribution in [-0.2, 0) is 30.0 Å². The van der Waals surface area contributed by atoms with Crippen molar-refractivity contribution in [2.24, 2.45) is 0 Å². The Morgan fingerprint density at radius 3 is 2.23 bits per heavy atom. The van der Waals surface area contributed by atoms with Crippen molar-refractivity contribution in [2.45, 2.75) is 32.1 Å². The fourth-order valence-corrected chi connectivity index (χ4v) is 3.46. The molecule has 1 amide bonds. The second kappa shape index (κ2) is 8.09. The van der Waals surface area contributed by atoms with Gasteiger partial charge >= 0.3 is 12.4 Å². The van der Waals surface area contributed by atoms with Gasteiger partial charge < -0.3 is 9.84 Å². The number of carbonyl (C=O) groups is 1. The number of aryl methyl sites for hydroxylation is 1. The van der Waals surface area contributed by atoms with Crippen LogP contribution in [0, 0.1) is 6.92 Å². The molecule has 0 aliphatic carbocycles. The van der Waals surface area contributed by atoms with Crippen molar-refractivity contribution in [1.82, 2.24) is 10.1 Å². The summed E-state index contributed by atoms with van der Waals surface area (Å²) in [5.74, 6) is 0.0938. The number of amides is 1. The van der Waals surface area contributed by atoms with Gasteiger partial charge in [-0.05, 0) is 30.7 Å². The highest BCUT2D eigenvalue weighted by Crippen LogP contribution is 2.37. The molecule has 0 saturated heterocycles. The average molecular weight is 449 g/mol. The molecule has 1 aromatic carbocycles. The number of benzene rings is 1. The number of nitrogens with one attached hydrogen (secondary N) is 1. The van der Waals surface area contributed by atoms with Gasteiger partial charge in [0.25, 0.3) is 0 Å². The second-order valence-electron chi connectivity index (χ2n) is 6.38. The Hall–Kier alpha value is -2.89. The van der Waals surface area contributed by atoms with Crippen molar-refractivity contribution < 1.29 is 35.7 Å². The summed E-state index contributed by atoms with van der Waals surface area (Å²) >= 11 is 0.949. The number of aromatic nitrogens is 2. The number of alkyl halides is 6. The van der Waals surface area contributed by atoms with Crippen LogP contribution in [0.25, 0.3) is 0 Å². The first-order chi connectivity index (χ1) is 13.9. The number of rotatable bonds is 5. The summed E-state index contributed by atoms with van der Waals surface area (Å²) in [6.07, 6.45) is -8.82. The molecule has 30 heavy (non-hydrogen) atoms. The molecular formula is C18H13F6N3O2S. The molecule has 0 unspecified atom stereocenters. The van der Waals surface area contributed by atoms with Crippen LogP contribution in [0.5, 0.6) is 0 Å². The first kappa shape index (κ1) is 21.8. The van der Waals surface area contributed by atoms with E-state index in [0.29, 0.717) is 28.5 Å². The van der Waals surface area contributed by atoms with Crippen LogP contribution in [0.4, 0.5) is 31.5 Å². The number of thiazole rings is 1. The Morgan fingerprint density at radius 2 is 1.70 bits per heavy atom. The molecule has 2 heterocycles. The summed E-state index contributed by atoms with van der Waals surface area (Å²) < 4.78 is 82.6. The predicted octanol–water partition coefficient (Wildman–Crippen LogP) is 5.25. The van der Waals surface area contributed by atoms with E-state index in [-0.39, 0.29) is 29.6 Å². The van der Waals surface area contributed by atoms with Crippen LogP contribution in [-0.4, -0.2) is 16.0 Å². The van der Waals surface area contributed by atoms with Crippen molar-refractivity contribution in [3.05, 3.63) is 63.5 Å². The van der Waals surface area contributed by atoms with Crippen molar-refractivity contribution in [3.63, 3.8) is 0 Å². The standard InChI is InChI=1S/C18H13F6N3O2S/c1-9-2-13(27-29-9)7-15(28)26-16-25-8-14(30-16)5-10-3-11(17(19,20)21)6-12(4-10)18(22,23)24/h2-4,6,8H,5,7H2,1H3,(H,25,26,28). The largest absolute Gasteiger partial charge is 0.416 e. The SMILES string of the molecule is Cc1cc(CC(=O)Nc2ncc(Cc3cc(C(F)(F)F)cc(C(F)(F)F)c3)s2)no1. The van der Waals surface area contributed by atoms with Gasteiger partial charge in [0, 0.05) is 23.6 Å². The summed E-state index contributed by atoms with van der Waals surface area (Å²) in [4.78, 5) is 16.3. The molecule has 0 fully saturated rings. The molecule has 3 rings (SSSR count). The summed E-state index contributed by atoms with van der Waals surface area (Å²) in [5.41, 5.74) is -2.52. The fraction of sp³-hybridized carbons (Fsp3) is 0.278. The van der Waals surface area contributed by atoms with Gasteiger partial charge in [-0.3, -0.25) is 4.79 Å². The third-order valence-electron chi connectivity index (χ3n) is 3.84.